The van der Waals surface area contributed by atoms with Crippen LogP contribution in [-0.2, 0) is 4.79 Å². The number of aromatic nitrogens is 3. The number of aliphatic carboxylic acids is 1. The fraction of sp³-hybridized carbons (Fsp3) is 0.250. The minimum absolute atomic E-state index is 0.144. The molecule has 7 heteroatoms. The number of carboxylic acid groups (broad SMARTS) is 1. The first-order valence-electron chi connectivity index (χ1n) is 5.58. The number of thioether (sulfide) groups is 1. The van der Waals surface area contributed by atoms with E-state index in [4.69, 9.17) is 5.11 Å². The first kappa shape index (κ1) is 13.4. The Morgan fingerprint density at radius 2 is 2.21 bits per heavy atom. The summed E-state index contributed by atoms with van der Waals surface area (Å²) in [5, 5.41) is 15.3. The van der Waals surface area contributed by atoms with E-state index in [2.05, 4.69) is 10.2 Å². The summed E-state index contributed by atoms with van der Waals surface area (Å²) in [7, 11) is 0. The summed E-state index contributed by atoms with van der Waals surface area (Å²) in [6, 6.07) is 5.74. The van der Waals surface area contributed by atoms with Crippen LogP contribution in [0.5, 0.6) is 0 Å². The Morgan fingerprint density at radius 1 is 1.47 bits per heavy atom. The van der Waals surface area contributed by atoms with Crippen LogP contribution in [0.4, 0.5) is 0 Å². The predicted octanol–water partition coefficient (Wildman–Crippen LogP) is 1.35. The van der Waals surface area contributed by atoms with Crippen molar-refractivity contribution in [3.8, 4) is 5.69 Å². The molecule has 2 rings (SSSR count). The van der Waals surface area contributed by atoms with Crippen molar-refractivity contribution in [2.45, 2.75) is 19.0 Å². The van der Waals surface area contributed by atoms with E-state index in [9.17, 15) is 9.59 Å². The smallest absolute Gasteiger partial charge is 0.348 e. The second-order valence-electron chi connectivity index (χ2n) is 4.12. The highest BCUT2D eigenvalue weighted by Gasteiger charge is 2.14. The molecule has 0 fully saturated rings. The fourth-order valence-corrected chi connectivity index (χ4v) is 2.35. The lowest BCUT2D eigenvalue weighted by Gasteiger charge is -2.09. The number of carbonyl (C=O) groups is 1. The zero-order valence-corrected chi connectivity index (χ0v) is 11.3. The molecule has 0 amide bonds. The van der Waals surface area contributed by atoms with Gasteiger partial charge in [-0.2, -0.15) is 0 Å². The maximum Gasteiger partial charge on any atom is 0.348 e. The van der Waals surface area contributed by atoms with Gasteiger partial charge in [0.05, 0.1) is 11.4 Å². The molecule has 1 heterocycles. The van der Waals surface area contributed by atoms with E-state index >= 15 is 0 Å². The highest BCUT2D eigenvalue weighted by molar-refractivity contribution is 7.99. The Bertz CT molecular complexity index is 675. The third-order valence-electron chi connectivity index (χ3n) is 2.57. The number of aromatic amines is 1. The minimum Gasteiger partial charge on any atom is -0.481 e. The number of rotatable bonds is 4. The number of nitrogens with one attached hydrogen (secondary N) is 1. The molecule has 0 saturated carbocycles. The molecule has 2 aromatic rings. The number of H-pyrrole nitrogens is 1. The molecule has 0 spiro atoms. The lowest BCUT2D eigenvalue weighted by atomic mass is 10.1. The van der Waals surface area contributed by atoms with Crippen molar-refractivity contribution < 1.29 is 9.90 Å². The van der Waals surface area contributed by atoms with Crippen LogP contribution in [0.3, 0.4) is 0 Å². The summed E-state index contributed by atoms with van der Waals surface area (Å²) in [6.45, 7) is 3.82. The van der Waals surface area contributed by atoms with Gasteiger partial charge in [-0.3, -0.25) is 4.79 Å². The van der Waals surface area contributed by atoms with Crippen molar-refractivity contribution in [3.05, 3.63) is 39.8 Å². The Morgan fingerprint density at radius 3 is 2.89 bits per heavy atom. The highest BCUT2D eigenvalue weighted by Crippen LogP contribution is 2.20. The normalized spacial score (nSPS) is 10.6. The van der Waals surface area contributed by atoms with E-state index in [1.165, 1.54) is 4.57 Å². The van der Waals surface area contributed by atoms with Gasteiger partial charge in [-0.05, 0) is 31.0 Å². The number of nitrogens with zero attached hydrogens (tertiary/aromatic N) is 2. The lowest BCUT2D eigenvalue weighted by Crippen LogP contribution is -2.17. The average Bonchev–Trinajstić information content (AvgIpc) is 2.71. The van der Waals surface area contributed by atoms with Crippen molar-refractivity contribution in [1.82, 2.24) is 14.8 Å². The van der Waals surface area contributed by atoms with Gasteiger partial charge in [0, 0.05) is 0 Å². The Labute approximate surface area is 113 Å². The highest BCUT2D eigenvalue weighted by atomic mass is 32.2. The molecule has 0 aliphatic carbocycles. The molecule has 1 aromatic heterocycles. The molecule has 100 valence electrons. The van der Waals surface area contributed by atoms with Crippen molar-refractivity contribution in [3.63, 3.8) is 0 Å². The molecule has 0 radical (unpaired) electrons. The van der Waals surface area contributed by atoms with Crippen LogP contribution >= 0.6 is 11.8 Å². The van der Waals surface area contributed by atoms with Gasteiger partial charge in [0.1, 0.15) is 0 Å². The number of hydrogen-bond acceptors (Lipinski definition) is 4. The summed E-state index contributed by atoms with van der Waals surface area (Å²) in [6.07, 6.45) is 0. The van der Waals surface area contributed by atoms with Gasteiger partial charge >= 0.3 is 11.7 Å². The number of aryl methyl sites for hydroxylation is 2. The van der Waals surface area contributed by atoms with Crippen LogP contribution in [0.1, 0.15) is 11.1 Å². The molecule has 1 aromatic carbocycles. The monoisotopic (exact) mass is 279 g/mol. The molecule has 0 aliphatic heterocycles. The van der Waals surface area contributed by atoms with Crippen molar-refractivity contribution >= 4 is 17.7 Å². The van der Waals surface area contributed by atoms with Gasteiger partial charge in [0.2, 0.25) is 0 Å². The minimum atomic E-state index is -0.951. The molecule has 2 N–H and O–H groups in total. The van der Waals surface area contributed by atoms with Gasteiger partial charge in [-0.15, -0.1) is 5.10 Å². The summed E-state index contributed by atoms with van der Waals surface area (Å²) in [5.41, 5.74) is 2.28. The van der Waals surface area contributed by atoms with Crippen LogP contribution in [0.25, 0.3) is 5.69 Å². The maximum absolute atomic E-state index is 11.8. The topological polar surface area (TPSA) is 88.0 Å². The number of benzene rings is 1. The Balaban J connectivity index is 2.49. The molecule has 6 nitrogen and oxygen atoms in total. The van der Waals surface area contributed by atoms with Gasteiger partial charge in [0.15, 0.2) is 5.16 Å². The van der Waals surface area contributed by atoms with Crippen LogP contribution in [-0.4, -0.2) is 31.6 Å². The summed E-state index contributed by atoms with van der Waals surface area (Å²) in [4.78, 5) is 22.4. The summed E-state index contributed by atoms with van der Waals surface area (Å²) < 4.78 is 1.40. The third-order valence-corrected chi connectivity index (χ3v) is 3.50. The Kier molecular flexibility index (Phi) is 3.75. The van der Waals surface area contributed by atoms with Crippen LogP contribution in [0, 0.1) is 13.8 Å². The molecule has 0 atom stereocenters. The van der Waals surface area contributed by atoms with E-state index in [1.54, 1.807) is 0 Å². The second-order valence-corrected chi connectivity index (χ2v) is 5.06. The molecule has 0 aliphatic rings. The van der Waals surface area contributed by atoms with E-state index < -0.39 is 5.97 Å². The van der Waals surface area contributed by atoms with Crippen LogP contribution in [0.2, 0.25) is 0 Å². The maximum atomic E-state index is 11.8. The van der Waals surface area contributed by atoms with Crippen molar-refractivity contribution in [2.75, 3.05) is 5.75 Å². The number of carboxylic acids is 1. The molecule has 0 saturated heterocycles. The molecule has 0 unspecified atom stereocenters. The quantitative estimate of drug-likeness (QED) is 0.825. The second kappa shape index (κ2) is 5.31. The summed E-state index contributed by atoms with van der Waals surface area (Å²) >= 11 is 1.01. The average molecular weight is 279 g/mol. The van der Waals surface area contributed by atoms with E-state index in [0.717, 1.165) is 22.9 Å². The van der Waals surface area contributed by atoms with E-state index in [0.29, 0.717) is 10.8 Å². The van der Waals surface area contributed by atoms with Crippen LogP contribution in [0.15, 0.2) is 28.2 Å². The SMILES string of the molecule is Cc1ccc(C)c(-n2c(SCC(=O)O)n[nH]c2=O)c1. The fourth-order valence-electron chi connectivity index (χ4n) is 1.68. The largest absolute Gasteiger partial charge is 0.481 e. The lowest BCUT2D eigenvalue weighted by molar-refractivity contribution is -0.133. The molecule has 19 heavy (non-hydrogen) atoms. The standard InChI is InChI=1S/C12H13N3O3S/c1-7-3-4-8(2)9(5-7)15-11(18)13-14-12(15)19-6-10(16)17/h3-5H,6H2,1-2H3,(H,13,18)(H,16,17). The van der Waals surface area contributed by atoms with Gasteiger partial charge < -0.3 is 5.11 Å². The molecular formula is C12H13N3O3S. The van der Waals surface area contributed by atoms with Gasteiger partial charge in [-0.1, -0.05) is 23.9 Å². The zero-order valence-electron chi connectivity index (χ0n) is 10.5. The zero-order chi connectivity index (χ0) is 14.0. The Hall–Kier alpha value is -2.02. The number of hydrogen-bond donors (Lipinski definition) is 2. The molecule has 0 bridgehead atoms. The van der Waals surface area contributed by atoms with Gasteiger partial charge in [0.25, 0.3) is 0 Å². The van der Waals surface area contributed by atoms with E-state index in [1.807, 2.05) is 32.0 Å². The van der Waals surface area contributed by atoms with Crippen LogP contribution < -0.4 is 5.69 Å². The summed E-state index contributed by atoms with van der Waals surface area (Å²) in [5.74, 6) is -1.09. The van der Waals surface area contributed by atoms with Gasteiger partial charge in [-0.25, -0.2) is 14.5 Å². The first-order valence-corrected chi connectivity index (χ1v) is 6.57. The molecular weight excluding hydrogens is 266 g/mol. The van der Waals surface area contributed by atoms with Crippen molar-refractivity contribution in [2.24, 2.45) is 0 Å². The van der Waals surface area contributed by atoms with E-state index in [-0.39, 0.29) is 11.4 Å². The first-order chi connectivity index (χ1) is 8.99. The predicted molar refractivity (Wildman–Crippen MR) is 72.0 cm³/mol. The van der Waals surface area contributed by atoms with Crippen molar-refractivity contribution in [1.29, 1.82) is 0 Å². The third kappa shape index (κ3) is 2.87.